The Morgan fingerprint density at radius 1 is 1.26 bits per heavy atom. The lowest BCUT2D eigenvalue weighted by Crippen LogP contribution is -2.47. The zero-order chi connectivity index (χ0) is 22.4. The predicted molar refractivity (Wildman–Crippen MR) is 133 cm³/mol. The Morgan fingerprint density at radius 3 is 2.68 bits per heavy atom. The van der Waals surface area contributed by atoms with E-state index in [0.29, 0.717) is 0 Å². The van der Waals surface area contributed by atoms with Crippen LogP contribution in [0, 0.1) is 0 Å². The minimum absolute atomic E-state index is 0.272. The quantitative estimate of drug-likeness (QED) is 0.405. The van der Waals surface area contributed by atoms with Crippen molar-refractivity contribution in [1.82, 2.24) is 20.2 Å². The first-order chi connectivity index (χ1) is 14.9. The van der Waals surface area contributed by atoms with Crippen LogP contribution in [0.2, 0.25) is 0 Å². The van der Waals surface area contributed by atoms with Gasteiger partial charge in [-0.1, -0.05) is 11.6 Å². The molecule has 1 aliphatic rings. The Kier molecular flexibility index (Phi) is 7.87. The number of hydrogen-bond donors (Lipinski definition) is 2. The third-order valence-electron chi connectivity index (χ3n) is 5.45. The summed E-state index contributed by atoms with van der Waals surface area (Å²) in [5.74, 6) is 1.10. The molecule has 2 aromatic rings. The van der Waals surface area contributed by atoms with Crippen molar-refractivity contribution >= 4 is 28.1 Å². The molecule has 0 atom stereocenters. The maximum Gasteiger partial charge on any atom is 0.123 e. The van der Waals surface area contributed by atoms with Crippen LogP contribution in [-0.2, 0) is 0 Å². The number of aliphatic imine (C=N–C) groups is 1. The van der Waals surface area contributed by atoms with Crippen LogP contribution in [0.3, 0.4) is 0 Å². The number of piperazine rings is 1. The monoisotopic (exact) mass is 423 g/mol. The van der Waals surface area contributed by atoms with Gasteiger partial charge in [-0.3, -0.25) is 9.98 Å². The molecule has 3 rings (SSSR count). The Bertz CT molecular complexity index is 927. The number of hydrazine groups is 1. The van der Waals surface area contributed by atoms with E-state index in [1.54, 1.807) is 0 Å². The van der Waals surface area contributed by atoms with Crippen LogP contribution in [0.5, 0.6) is 0 Å². The molecular formula is C24H37N7. The Morgan fingerprint density at radius 2 is 2.00 bits per heavy atom. The second-order valence-corrected chi connectivity index (χ2v) is 8.66. The smallest absolute Gasteiger partial charge is 0.123 e. The minimum atomic E-state index is 0.272. The van der Waals surface area contributed by atoms with Crippen molar-refractivity contribution in [3.63, 3.8) is 0 Å². The molecule has 0 amide bonds. The van der Waals surface area contributed by atoms with Crippen molar-refractivity contribution in [2.24, 2.45) is 4.99 Å². The standard InChI is InChI=1S/C24H37N7/c1-18(2)27-23(31-12-10-29(5)11-13-31)14-19(3)17-30(6)22-16-21(28-25-4)15-20-8-7-9-26-24(20)22/h7-9,14-16,18,25,28H,10-13,17H2,1-6H3/b19-14+,27-23?. The van der Waals surface area contributed by atoms with Gasteiger partial charge in [0.2, 0.25) is 0 Å². The largest absolute Gasteiger partial charge is 0.369 e. The van der Waals surface area contributed by atoms with Crippen molar-refractivity contribution in [3.8, 4) is 0 Å². The lowest BCUT2D eigenvalue weighted by molar-refractivity contribution is 0.215. The lowest BCUT2D eigenvalue weighted by Gasteiger charge is -2.34. The van der Waals surface area contributed by atoms with E-state index in [9.17, 15) is 0 Å². The third kappa shape index (κ3) is 6.18. The predicted octanol–water partition coefficient (Wildman–Crippen LogP) is 3.22. The number of benzene rings is 1. The molecule has 1 aromatic heterocycles. The number of likely N-dealkylation sites (N-methyl/N-ethyl adjacent to an activating group) is 2. The topological polar surface area (TPSA) is 59.0 Å². The van der Waals surface area contributed by atoms with Crippen LogP contribution in [-0.4, -0.2) is 80.5 Å². The summed E-state index contributed by atoms with van der Waals surface area (Å²) in [5, 5.41) is 1.12. The molecule has 1 fully saturated rings. The number of anilines is 2. The summed E-state index contributed by atoms with van der Waals surface area (Å²) in [6.07, 6.45) is 4.11. The molecule has 1 aromatic carbocycles. The fraction of sp³-hybridized carbons (Fsp3) is 0.500. The molecule has 7 nitrogen and oxygen atoms in total. The van der Waals surface area contributed by atoms with Crippen molar-refractivity contribution in [3.05, 3.63) is 42.1 Å². The maximum absolute atomic E-state index is 4.93. The van der Waals surface area contributed by atoms with Crippen LogP contribution in [0.15, 0.2) is 47.1 Å². The highest BCUT2D eigenvalue weighted by molar-refractivity contribution is 5.95. The van der Waals surface area contributed by atoms with Gasteiger partial charge < -0.3 is 20.1 Å². The van der Waals surface area contributed by atoms with Crippen LogP contribution < -0.4 is 15.8 Å². The molecule has 1 saturated heterocycles. The highest BCUT2D eigenvalue weighted by Crippen LogP contribution is 2.29. The SMILES string of the molecule is CNNc1cc(N(C)C/C(C)=C/C(=NC(C)C)N2CCN(C)CC2)c2ncccc2c1. The van der Waals surface area contributed by atoms with Crippen molar-refractivity contribution in [1.29, 1.82) is 0 Å². The average molecular weight is 424 g/mol. The summed E-state index contributed by atoms with van der Waals surface area (Å²) in [6, 6.07) is 8.60. The normalized spacial score (nSPS) is 16.3. The highest BCUT2D eigenvalue weighted by Gasteiger charge is 2.17. The van der Waals surface area contributed by atoms with Crippen molar-refractivity contribution in [2.45, 2.75) is 26.8 Å². The molecule has 7 heteroatoms. The van der Waals surface area contributed by atoms with Crippen molar-refractivity contribution < 1.29 is 0 Å². The average Bonchev–Trinajstić information content (AvgIpc) is 2.73. The number of nitrogens with zero attached hydrogens (tertiary/aromatic N) is 5. The first kappa shape index (κ1) is 23.0. The molecule has 2 heterocycles. The fourth-order valence-corrected chi connectivity index (χ4v) is 3.92. The molecule has 0 saturated carbocycles. The number of aromatic nitrogens is 1. The number of fused-ring (bicyclic) bond motifs is 1. The molecule has 2 N–H and O–H groups in total. The molecule has 0 aliphatic carbocycles. The van der Waals surface area contributed by atoms with Gasteiger partial charge in [0.1, 0.15) is 5.84 Å². The van der Waals surface area contributed by atoms with Crippen LogP contribution >= 0.6 is 0 Å². The number of pyridine rings is 1. The van der Waals surface area contributed by atoms with Gasteiger partial charge in [-0.2, -0.15) is 0 Å². The molecule has 0 unspecified atom stereocenters. The Hall–Kier alpha value is -2.64. The van der Waals surface area contributed by atoms with Gasteiger partial charge in [0.25, 0.3) is 0 Å². The van der Waals surface area contributed by atoms with E-state index in [-0.39, 0.29) is 6.04 Å². The lowest BCUT2D eigenvalue weighted by atomic mass is 10.1. The second kappa shape index (κ2) is 10.6. The van der Waals surface area contributed by atoms with Gasteiger partial charge in [0.15, 0.2) is 0 Å². The first-order valence-electron chi connectivity index (χ1n) is 11.1. The van der Waals surface area contributed by atoms with E-state index >= 15 is 0 Å². The Labute approximate surface area is 186 Å². The number of nitrogens with one attached hydrogen (secondary N) is 2. The maximum atomic E-state index is 4.93. The fourth-order valence-electron chi connectivity index (χ4n) is 3.92. The molecule has 0 radical (unpaired) electrons. The van der Waals surface area contributed by atoms with E-state index < -0.39 is 0 Å². The van der Waals surface area contributed by atoms with Gasteiger partial charge in [0, 0.05) is 64.4 Å². The molecular weight excluding hydrogens is 386 g/mol. The minimum Gasteiger partial charge on any atom is -0.369 e. The number of amidine groups is 1. The molecule has 0 bridgehead atoms. The Balaban J connectivity index is 1.84. The molecule has 31 heavy (non-hydrogen) atoms. The van der Waals surface area contributed by atoms with E-state index in [2.05, 4.69) is 89.7 Å². The van der Waals surface area contributed by atoms with Crippen molar-refractivity contribution in [2.75, 3.05) is 64.2 Å². The third-order valence-corrected chi connectivity index (χ3v) is 5.45. The summed E-state index contributed by atoms with van der Waals surface area (Å²) in [4.78, 5) is 16.6. The molecule has 0 spiro atoms. The van der Waals surface area contributed by atoms with Crippen LogP contribution in [0.1, 0.15) is 20.8 Å². The summed E-state index contributed by atoms with van der Waals surface area (Å²) in [5.41, 5.74) is 10.6. The zero-order valence-electron chi connectivity index (χ0n) is 19.8. The molecule has 168 valence electrons. The highest BCUT2D eigenvalue weighted by atomic mass is 15.3. The van der Waals surface area contributed by atoms with E-state index in [1.165, 1.54) is 5.57 Å². The van der Waals surface area contributed by atoms with Crippen LogP contribution in [0.4, 0.5) is 11.4 Å². The summed E-state index contributed by atoms with van der Waals surface area (Å²) >= 11 is 0. The first-order valence-corrected chi connectivity index (χ1v) is 11.1. The van der Waals surface area contributed by atoms with Gasteiger partial charge in [-0.25, -0.2) is 5.43 Å². The summed E-state index contributed by atoms with van der Waals surface area (Å²) < 4.78 is 0. The number of hydrogen-bond acceptors (Lipinski definition) is 6. The van der Waals surface area contributed by atoms with E-state index in [4.69, 9.17) is 4.99 Å². The summed E-state index contributed by atoms with van der Waals surface area (Å²) in [6.45, 7) is 11.5. The van der Waals surface area contributed by atoms with Crippen LogP contribution in [0.25, 0.3) is 10.9 Å². The van der Waals surface area contributed by atoms with E-state index in [1.807, 2.05) is 19.3 Å². The summed E-state index contributed by atoms with van der Waals surface area (Å²) in [7, 11) is 6.18. The van der Waals surface area contributed by atoms with Gasteiger partial charge in [-0.05, 0) is 52.1 Å². The second-order valence-electron chi connectivity index (χ2n) is 8.66. The molecule has 1 aliphatic heterocycles. The van der Waals surface area contributed by atoms with Gasteiger partial charge in [-0.15, -0.1) is 0 Å². The number of rotatable bonds is 7. The van der Waals surface area contributed by atoms with E-state index in [0.717, 1.165) is 60.8 Å². The zero-order valence-corrected chi connectivity index (χ0v) is 19.8. The van der Waals surface area contributed by atoms with Gasteiger partial charge >= 0.3 is 0 Å². The van der Waals surface area contributed by atoms with Gasteiger partial charge in [0.05, 0.1) is 16.9 Å².